The van der Waals surface area contributed by atoms with Crippen LogP contribution in [0.15, 0.2) is 4.79 Å². The molecule has 2 saturated heterocycles. The van der Waals surface area contributed by atoms with Crippen LogP contribution in [-0.2, 0) is 18.3 Å². The maximum Gasteiger partial charge on any atom is 0.273 e. The smallest absolute Gasteiger partial charge is 0.273 e. The number of aromatic nitrogens is 3. The van der Waals surface area contributed by atoms with Crippen molar-refractivity contribution in [3.63, 3.8) is 0 Å². The summed E-state index contributed by atoms with van der Waals surface area (Å²) in [6, 6.07) is 0. The lowest BCUT2D eigenvalue weighted by molar-refractivity contribution is -0.130. The summed E-state index contributed by atoms with van der Waals surface area (Å²) in [5, 5.41) is 6.82. The van der Waals surface area contributed by atoms with Gasteiger partial charge in [0, 0.05) is 25.8 Å². The van der Waals surface area contributed by atoms with Crippen molar-refractivity contribution in [3.8, 4) is 0 Å². The van der Waals surface area contributed by atoms with Crippen LogP contribution in [0.3, 0.4) is 0 Å². The molecule has 0 saturated carbocycles. The van der Waals surface area contributed by atoms with E-state index in [1.165, 1.54) is 0 Å². The standard InChI is InChI=1S/C19H27N5O2/c1-11-15(12(2)21-18-17(11)19(26)22-23(18)3)8-16(25)24-6-4-13-9-20-10-14(13)5-7-24/h13-14,20H,4-10H2,1-3H3,(H,22,26)/t13-,14+. The van der Waals surface area contributed by atoms with E-state index in [0.717, 1.165) is 55.8 Å². The average molecular weight is 357 g/mol. The molecule has 4 heterocycles. The van der Waals surface area contributed by atoms with Gasteiger partial charge in [-0.15, -0.1) is 0 Å². The van der Waals surface area contributed by atoms with Crippen molar-refractivity contribution in [1.29, 1.82) is 0 Å². The van der Waals surface area contributed by atoms with E-state index in [1.807, 2.05) is 18.7 Å². The van der Waals surface area contributed by atoms with Crippen molar-refractivity contribution in [3.05, 3.63) is 27.2 Å². The first-order chi connectivity index (χ1) is 12.5. The van der Waals surface area contributed by atoms with Gasteiger partial charge in [-0.3, -0.25) is 19.4 Å². The van der Waals surface area contributed by atoms with Gasteiger partial charge in [0.2, 0.25) is 5.91 Å². The molecule has 2 aliphatic rings. The molecule has 2 N–H and O–H groups in total. The van der Waals surface area contributed by atoms with Crippen LogP contribution in [0.5, 0.6) is 0 Å². The number of likely N-dealkylation sites (tertiary alicyclic amines) is 1. The number of nitrogens with zero attached hydrogens (tertiary/aromatic N) is 3. The van der Waals surface area contributed by atoms with E-state index in [4.69, 9.17) is 0 Å². The largest absolute Gasteiger partial charge is 0.342 e. The van der Waals surface area contributed by atoms with Crippen molar-refractivity contribution in [2.75, 3.05) is 26.2 Å². The minimum Gasteiger partial charge on any atom is -0.342 e. The molecule has 2 atom stereocenters. The maximum atomic E-state index is 13.0. The highest BCUT2D eigenvalue weighted by atomic mass is 16.2. The Kier molecular flexibility index (Phi) is 4.34. The zero-order valence-electron chi connectivity index (χ0n) is 15.8. The van der Waals surface area contributed by atoms with Gasteiger partial charge in [-0.25, -0.2) is 4.98 Å². The summed E-state index contributed by atoms with van der Waals surface area (Å²) < 4.78 is 1.64. The van der Waals surface area contributed by atoms with Gasteiger partial charge in [-0.05, 0) is 62.7 Å². The van der Waals surface area contributed by atoms with Crippen LogP contribution in [0.4, 0.5) is 0 Å². The van der Waals surface area contributed by atoms with E-state index >= 15 is 0 Å². The number of aryl methyl sites for hydroxylation is 3. The van der Waals surface area contributed by atoms with E-state index in [-0.39, 0.29) is 11.5 Å². The molecule has 0 radical (unpaired) electrons. The van der Waals surface area contributed by atoms with Gasteiger partial charge < -0.3 is 10.2 Å². The number of hydrogen-bond acceptors (Lipinski definition) is 4. The first-order valence-electron chi connectivity index (χ1n) is 9.49. The second kappa shape index (κ2) is 6.54. The molecule has 0 spiro atoms. The molecule has 4 rings (SSSR count). The number of carbonyl (C=O) groups is 1. The van der Waals surface area contributed by atoms with Gasteiger partial charge in [0.25, 0.3) is 5.56 Å². The van der Waals surface area contributed by atoms with E-state index < -0.39 is 0 Å². The predicted octanol–water partition coefficient (Wildman–Crippen LogP) is 0.879. The van der Waals surface area contributed by atoms with Gasteiger partial charge in [-0.2, -0.15) is 0 Å². The van der Waals surface area contributed by atoms with Crippen molar-refractivity contribution >= 4 is 16.9 Å². The quantitative estimate of drug-likeness (QED) is 0.836. The molecule has 7 nitrogen and oxygen atoms in total. The molecule has 1 amide bonds. The topological polar surface area (TPSA) is 83.0 Å². The lowest BCUT2D eigenvalue weighted by atomic mass is 9.92. The molecule has 0 unspecified atom stereocenters. The SMILES string of the molecule is Cc1nc2c(c(C)c1CC(=O)N1CC[C@@H]3CNC[C@@H]3CC1)c(=O)[nH]n2C. The minimum absolute atomic E-state index is 0.142. The molecule has 2 fully saturated rings. The number of hydrogen-bond donors (Lipinski definition) is 2. The molecule has 2 aliphatic heterocycles. The number of nitrogens with one attached hydrogen (secondary N) is 2. The summed E-state index contributed by atoms with van der Waals surface area (Å²) in [4.78, 5) is 31.8. The number of aromatic amines is 1. The van der Waals surface area contributed by atoms with Gasteiger partial charge in [0.1, 0.15) is 0 Å². The molecular formula is C19H27N5O2. The van der Waals surface area contributed by atoms with E-state index in [2.05, 4.69) is 15.4 Å². The summed E-state index contributed by atoms with van der Waals surface area (Å²) in [6.07, 6.45) is 2.48. The molecular weight excluding hydrogens is 330 g/mol. The molecule has 0 bridgehead atoms. The highest BCUT2D eigenvalue weighted by Crippen LogP contribution is 2.28. The fraction of sp³-hybridized carbons (Fsp3) is 0.632. The third kappa shape index (κ3) is 2.84. The Balaban J connectivity index is 1.58. The summed E-state index contributed by atoms with van der Waals surface area (Å²) in [6.45, 7) is 7.69. The van der Waals surface area contributed by atoms with Gasteiger partial charge >= 0.3 is 0 Å². The maximum absolute atomic E-state index is 13.0. The Hall–Kier alpha value is -2.15. The Morgan fingerprint density at radius 3 is 2.50 bits per heavy atom. The van der Waals surface area contributed by atoms with Crippen molar-refractivity contribution < 1.29 is 4.79 Å². The molecule has 7 heteroatoms. The highest BCUT2D eigenvalue weighted by molar-refractivity contribution is 5.84. The fourth-order valence-electron chi connectivity index (χ4n) is 4.64. The second-order valence-corrected chi connectivity index (χ2v) is 7.81. The normalized spacial score (nSPS) is 23.3. The molecule has 0 aromatic carbocycles. The average Bonchev–Trinajstić information content (AvgIpc) is 3.09. The monoisotopic (exact) mass is 357 g/mol. The minimum atomic E-state index is -0.142. The third-order valence-electron chi connectivity index (χ3n) is 6.28. The predicted molar refractivity (Wildman–Crippen MR) is 100 cm³/mol. The lowest BCUT2D eigenvalue weighted by Gasteiger charge is -2.22. The molecule has 0 aliphatic carbocycles. The molecule has 2 aromatic rings. The summed E-state index contributed by atoms with van der Waals surface area (Å²) in [5.74, 6) is 1.56. The van der Waals surface area contributed by atoms with E-state index in [1.54, 1.807) is 11.7 Å². The van der Waals surface area contributed by atoms with Gasteiger partial charge in [-0.1, -0.05) is 0 Å². The second-order valence-electron chi connectivity index (χ2n) is 7.81. The molecule has 26 heavy (non-hydrogen) atoms. The summed E-state index contributed by atoms with van der Waals surface area (Å²) >= 11 is 0. The van der Waals surface area contributed by atoms with Crippen LogP contribution >= 0.6 is 0 Å². The number of fused-ring (bicyclic) bond motifs is 2. The van der Waals surface area contributed by atoms with Gasteiger partial charge in [0.05, 0.1) is 11.8 Å². The first kappa shape index (κ1) is 17.3. The Labute approximate surface area is 152 Å². The highest BCUT2D eigenvalue weighted by Gasteiger charge is 2.31. The summed E-state index contributed by atoms with van der Waals surface area (Å²) in [5.41, 5.74) is 3.10. The third-order valence-corrected chi connectivity index (χ3v) is 6.28. The number of H-pyrrole nitrogens is 1. The van der Waals surface area contributed by atoms with E-state index in [0.29, 0.717) is 29.3 Å². The van der Waals surface area contributed by atoms with Crippen LogP contribution in [0.2, 0.25) is 0 Å². The van der Waals surface area contributed by atoms with Crippen molar-refractivity contribution in [2.24, 2.45) is 18.9 Å². The number of rotatable bonds is 2. The van der Waals surface area contributed by atoms with E-state index in [9.17, 15) is 9.59 Å². The van der Waals surface area contributed by atoms with Crippen LogP contribution in [-0.4, -0.2) is 51.8 Å². The molecule has 2 aromatic heterocycles. The first-order valence-corrected chi connectivity index (χ1v) is 9.49. The summed E-state index contributed by atoms with van der Waals surface area (Å²) in [7, 11) is 1.78. The van der Waals surface area contributed by atoms with Crippen LogP contribution in [0.1, 0.15) is 29.7 Å². The van der Waals surface area contributed by atoms with Crippen LogP contribution in [0, 0.1) is 25.7 Å². The zero-order chi connectivity index (χ0) is 18.4. The number of amides is 1. The van der Waals surface area contributed by atoms with Crippen LogP contribution < -0.4 is 10.9 Å². The van der Waals surface area contributed by atoms with Gasteiger partial charge in [0.15, 0.2) is 5.65 Å². The zero-order valence-corrected chi connectivity index (χ0v) is 15.8. The number of carbonyl (C=O) groups excluding carboxylic acids is 1. The Morgan fingerprint density at radius 1 is 1.19 bits per heavy atom. The lowest BCUT2D eigenvalue weighted by Crippen LogP contribution is -2.34. The van der Waals surface area contributed by atoms with Crippen molar-refractivity contribution in [1.82, 2.24) is 25.0 Å². The van der Waals surface area contributed by atoms with Crippen LogP contribution in [0.25, 0.3) is 11.0 Å². The fourth-order valence-corrected chi connectivity index (χ4v) is 4.64. The Morgan fingerprint density at radius 2 is 1.85 bits per heavy atom. The number of pyridine rings is 1. The molecule has 140 valence electrons. The van der Waals surface area contributed by atoms with Crippen molar-refractivity contribution in [2.45, 2.75) is 33.1 Å². The Bertz CT molecular complexity index is 899.